The maximum absolute atomic E-state index is 11.9. The molecule has 4 nitrogen and oxygen atoms in total. The first-order valence-electron chi connectivity index (χ1n) is 5.43. The van der Waals surface area contributed by atoms with Crippen LogP contribution < -0.4 is 5.32 Å². The Labute approximate surface area is 113 Å². The number of anilines is 1. The zero-order chi connectivity index (χ0) is 12.1. The predicted octanol–water partition coefficient (Wildman–Crippen LogP) is 2.44. The number of nitrogens with one attached hydrogen (secondary N) is 1. The minimum atomic E-state index is 0. The molecule has 0 saturated carbocycles. The summed E-state index contributed by atoms with van der Waals surface area (Å²) in [6.45, 7) is 5.52. The topological polar surface area (TPSA) is 45.2 Å². The molecule has 0 fully saturated rings. The van der Waals surface area contributed by atoms with Crippen molar-refractivity contribution in [1.82, 2.24) is 9.88 Å². The molecule has 0 aromatic carbocycles. The fourth-order valence-electron chi connectivity index (χ4n) is 1.32. The van der Waals surface area contributed by atoms with Crippen molar-refractivity contribution in [3.63, 3.8) is 0 Å². The number of hydrogen-bond acceptors (Lipinski definition) is 5. The molecule has 1 rings (SSSR count). The molecule has 1 aromatic heterocycles. The fraction of sp³-hybridized carbons (Fsp3) is 0.636. The van der Waals surface area contributed by atoms with Gasteiger partial charge >= 0.3 is 0 Å². The van der Waals surface area contributed by atoms with Gasteiger partial charge in [-0.2, -0.15) is 0 Å². The van der Waals surface area contributed by atoms with Gasteiger partial charge in [0, 0.05) is 19.5 Å². The molecule has 0 bridgehead atoms. The Bertz CT molecular complexity index is 366. The lowest BCUT2D eigenvalue weighted by molar-refractivity contribution is 0.0975. The van der Waals surface area contributed by atoms with Crippen molar-refractivity contribution in [1.29, 1.82) is 0 Å². The lowest BCUT2D eigenvalue weighted by atomic mass is 10.2. The molecule has 0 aliphatic heterocycles. The summed E-state index contributed by atoms with van der Waals surface area (Å²) in [5, 5.41) is 3.97. The second-order valence-corrected chi connectivity index (χ2v) is 4.94. The summed E-state index contributed by atoms with van der Waals surface area (Å²) in [7, 11) is 3.94. The number of thiazole rings is 1. The zero-order valence-corrected chi connectivity index (χ0v) is 12.4. The summed E-state index contributed by atoms with van der Waals surface area (Å²) in [5.41, 5.74) is 0.838. The summed E-state index contributed by atoms with van der Waals surface area (Å²) in [6, 6.07) is 0. The summed E-state index contributed by atoms with van der Waals surface area (Å²) < 4.78 is 0. The van der Waals surface area contributed by atoms with Gasteiger partial charge in [0.25, 0.3) is 0 Å². The van der Waals surface area contributed by atoms with Gasteiger partial charge < -0.3 is 10.2 Å². The molecule has 0 saturated heterocycles. The standard InChI is InChI=1S/C11H19N3OS.ClH/c1-5-12-11-13-8(2)10(16-11)9(15)6-7-14(3)4;/h5-7H2,1-4H3,(H,12,13);1H. The number of ketones is 1. The number of aryl methyl sites for hydroxylation is 1. The van der Waals surface area contributed by atoms with Crippen molar-refractivity contribution in [2.45, 2.75) is 20.3 Å². The quantitative estimate of drug-likeness (QED) is 0.812. The number of carbonyl (C=O) groups excluding carboxylic acids is 1. The lowest BCUT2D eigenvalue weighted by Gasteiger charge is -2.07. The minimum absolute atomic E-state index is 0. The zero-order valence-electron chi connectivity index (χ0n) is 10.7. The van der Waals surface area contributed by atoms with Gasteiger partial charge in [-0.15, -0.1) is 12.4 Å². The number of hydrogen-bond donors (Lipinski definition) is 1. The van der Waals surface area contributed by atoms with Crippen LogP contribution in [0.3, 0.4) is 0 Å². The van der Waals surface area contributed by atoms with Crippen molar-refractivity contribution in [3.8, 4) is 0 Å². The number of Topliss-reactive ketones (excluding diaryl/α,β-unsaturated/α-hetero) is 1. The predicted molar refractivity (Wildman–Crippen MR) is 75.8 cm³/mol. The monoisotopic (exact) mass is 277 g/mol. The highest BCUT2D eigenvalue weighted by atomic mass is 35.5. The largest absolute Gasteiger partial charge is 0.362 e. The summed E-state index contributed by atoms with van der Waals surface area (Å²) in [6.07, 6.45) is 0.557. The molecule has 1 heterocycles. The van der Waals surface area contributed by atoms with Gasteiger partial charge in [0.15, 0.2) is 10.9 Å². The first-order valence-corrected chi connectivity index (χ1v) is 6.25. The molecule has 0 atom stereocenters. The molecular weight excluding hydrogens is 258 g/mol. The molecule has 0 unspecified atom stereocenters. The smallest absolute Gasteiger partial charge is 0.183 e. The maximum atomic E-state index is 11.9. The van der Waals surface area contributed by atoms with Gasteiger partial charge in [-0.25, -0.2) is 4.98 Å². The first-order chi connectivity index (χ1) is 7.54. The van der Waals surface area contributed by atoms with Crippen LogP contribution in [0.15, 0.2) is 0 Å². The van der Waals surface area contributed by atoms with E-state index >= 15 is 0 Å². The van der Waals surface area contributed by atoms with Crippen molar-refractivity contribution >= 4 is 34.7 Å². The van der Waals surface area contributed by atoms with E-state index < -0.39 is 0 Å². The number of aromatic nitrogens is 1. The number of halogens is 1. The molecule has 1 N–H and O–H groups in total. The van der Waals surface area contributed by atoms with E-state index in [2.05, 4.69) is 10.3 Å². The lowest BCUT2D eigenvalue weighted by Crippen LogP contribution is -2.16. The second-order valence-electron chi connectivity index (χ2n) is 3.94. The number of nitrogens with zero attached hydrogens (tertiary/aromatic N) is 2. The minimum Gasteiger partial charge on any atom is -0.362 e. The third kappa shape index (κ3) is 5.02. The van der Waals surface area contributed by atoms with E-state index in [1.54, 1.807) is 0 Å². The molecule has 6 heteroatoms. The van der Waals surface area contributed by atoms with E-state index in [-0.39, 0.29) is 18.2 Å². The Hall–Kier alpha value is -0.650. The Morgan fingerprint density at radius 2 is 2.12 bits per heavy atom. The van der Waals surface area contributed by atoms with Gasteiger partial charge in [0.2, 0.25) is 0 Å². The van der Waals surface area contributed by atoms with Crippen LogP contribution in [0.2, 0.25) is 0 Å². The molecule has 0 amide bonds. The molecule has 17 heavy (non-hydrogen) atoms. The van der Waals surface area contributed by atoms with E-state index in [4.69, 9.17) is 0 Å². The van der Waals surface area contributed by atoms with E-state index in [1.807, 2.05) is 32.8 Å². The number of rotatable bonds is 6. The van der Waals surface area contributed by atoms with Crippen molar-refractivity contribution in [3.05, 3.63) is 10.6 Å². The number of carbonyl (C=O) groups is 1. The molecule has 0 spiro atoms. The van der Waals surface area contributed by atoms with Crippen molar-refractivity contribution in [2.75, 3.05) is 32.5 Å². The summed E-state index contributed by atoms with van der Waals surface area (Å²) in [4.78, 5) is 19.0. The van der Waals surface area contributed by atoms with Crippen LogP contribution in [-0.2, 0) is 0 Å². The van der Waals surface area contributed by atoms with Gasteiger partial charge in [-0.1, -0.05) is 11.3 Å². The van der Waals surface area contributed by atoms with Crippen LogP contribution >= 0.6 is 23.7 Å². The van der Waals surface area contributed by atoms with Gasteiger partial charge in [-0.3, -0.25) is 4.79 Å². The fourth-order valence-corrected chi connectivity index (χ4v) is 2.32. The summed E-state index contributed by atoms with van der Waals surface area (Å²) >= 11 is 1.45. The van der Waals surface area contributed by atoms with Crippen LogP contribution in [0.25, 0.3) is 0 Å². The van der Waals surface area contributed by atoms with E-state index in [1.165, 1.54) is 11.3 Å². The second kappa shape index (κ2) is 7.63. The summed E-state index contributed by atoms with van der Waals surface area (Å²) in [5.74, 6) is 0.188. The highest BCUT2D eigenvalue weighted by molar-refractivity contribution is 7.17. The van der Waals surface area contributed by atoms with E-state index in [0.29, 0.717) is 6.42 Å². The van der Waals surface area contributed by atoms with Crippen LogP contribution in [0.4, 0.5) is 5.13 Å². The van der Waals surface area contributed by atoms with Gasteiger partial charge in [-0.05, 0) is 27.9 Å². The third-order valence-electron chi connectivity index (χ3n) is 2.16. The highest BCUT2D eigenvalue weighted by Gasteiger charge is 2.14. The van der Waals surface area contributed by atoms with E-state index in [9.17, 15) is 4.79 Å². The Kier molecular flexibility index (Phi) is 7.34. The van der Waals surface area contributed by atoms with Crippen LogP contribution in [-0.4, -0.2) is 42.9 Å². The normalized spacial score (nSPS) is 10.2. The van der Waals surface area contributed by atoms with Crippen LogP contribution in [0.1, 0.15) is 28.7 Å². The van der Waals surface area contributed by atoms with Crippen molar-refractivity contribution in [2.24, 2.45) is 0 Å². The SMILES string of the molecule is CCNc1nc(C)c(C(=O)CCN(C)C)s1.Cl. The Balaban J connectivity index is 0.00000256. The average molecular weight is 278 g/mol. The maximum Gasteiger partial charge on any atom is 0.183 e. The Morgan fingerprint density at radius 1 is 1.47 bits per heavy atom. The molecular formula is C11H20ClN3OS. The highest BCUT2D eigenvalue weighted by Crippen LogP contribution is 2.23. The van der Waals surface area contributed by atoms with Crippen LogP contribution in [0, 0.1) is 6.92 Å². The van der Waals surface area contributed by atoms with Gasteiger partial charge in [0.05, 0.1) is 10.6 Å². The molecule has 0 aliphatic carbocycles. The Morgan fingerprint density at radius 3 is 2.65 bits per heavy atom. The molecule has 98 valence electrons. The molecule has 0 radical (unpaired) electrons. The van der Waals surface area contributed by atoms with Crippen LogP contribution in [0.5, 0.6) is 0 Å². The molecule has 0 aliphatic rings. The van der Waals surface area contributed by atoms with E-state index in [0.717, 1.165) is 28.8 Å². The third-order valence-corrected chi connectivity index (χ3v) is 3.32. The average Bonchev–Trinajstić information content (AvgIpc) is 2.56. The first kappa shape index (κ1) is 16.4. The molecule has 1 aromatic rings. The van der Waals surface area contributed by atoms with Gasteiger partial charge in [0.1, 0.15) is 0 Å². The van der Waals surface area contributed by atoms with Crippen molar-refractivity contribution < 1.29 is 4.79 Å².